The van der Waals surface area contributed by atoms with Gasteiger partial charge in [-0.15, -0.1) is 0 Å². The van der Waals surface area contributed by atoms with Crippen LogP contribution in [0.1, 0.15) is 34.1 Å². The van der Waals surface area contributed by atoms with Crippen LogP contribution in [-0.4, -0.2) is 85.1 Å². The molecule has 0 aliphatic carbocycles. The highest BCUT2D eigenvalue weighted by Gasteiger charge is 2.54. The maximum Gasteiger partial charge on any atom is 0.317 e. The number of halogens is 1. The zero-order valence-electron chi connectivity index (χ0n) is 20.7. The molecule has 3 N–H and O–H groups in total. The van der Waals surface area contributed by atoms with Gasteiger partial charge in [0.25, 0.3) is 0 Å². The van der Waals surface area contributed by atoms with Crippen molar-refractivity contribution in [2.24, 2.45) is 5.41 Å². The normalized spacial score (nSPS) is 23.8. The summed E-state index contributed by atoms with van der Waals surface area (Å²) >= 11 is 0. The molecule has 2 fully saturated rings. The second kappa shape index (κ2) is 10.2. The van der Waals surface area contributed by atoms with Crippen LogP contribution in [0.2, 0.25) is 0 Å². The van der Waals surface area contributed by atoms with Crippen LogP contribution in [-0.2, 0) is 9.59 Å². The van der Waals surface area contributed by atoms with Crippen molar-refractivity contribution in [3.8, 4) is 5.75 Å². The number of hydrogen-bond acceptors (Lipinski definition) is 5. The number of nitrogens with zero attached hydrogens (tertiary/aromatic N) is 2. The van der Waals surface area contributed by atoms with E-state index in [0.717, 1.165) is 0 Å². The molecule has 0 aromatic heterocycles. The Bertz CT molecular complexity index is 904. The molecule has 2 heterocycles. The van der Waals surface area contributed by atoms with Crippen LogP contribution in [0.25, 0.3) is 0 Å². The Morgan fingerprint density at radius 3 is 2.32 bits per heavy atom. The van der Waals surface area contributed by atoms with Gasteiger partial charge in [-0.2, -0.15) is 0 Å². The minimum atomic E-state index is -0.755. The van der Waals surface area contributed by atoms with E-state index >= 15 is 0 Å². The molecule has 0 bridgehead atoms. The number of carbonyl (C=O) groups excluding carboxylic acids is 3. The molecular formula is C24H36FN5O4. The van der Waals surface area contributed by atoms with E-state index in [4.69, 9.17) is 4.74 Å². The molecule has 4 amide bonds. The summed E-state index contributed by atoms with van der Waals surface area (Å²) in [6, 6.07) is 3.63. The van der Waals surface area contributed by atoms with Gasteiger partial charge in [-0.25, -0.2) is 9.18 Å². The second-order valence-corrected chi connectivity index (χ2v) is 10.0. The number of rotatable bonds is 6. The van der Waals surface area contributed by atoms with Crippen LogP contribution in [0.15, 0.2) is 24.3 Å². The molecule has 2 saturated heterocycles. The molecule has 0 saturated carbocycles. The quantitative estimate of drug-likeness (QED) is 0.574. The van der Waals surface area contributed by atoms with Crippen molar-refractivity contribution in [1.82, 2.24) is 25.8 Å². The van der Waals surface area contributed by atoms with E-state index in [2.05, 4.69) is 16.0 Å². The number of hydrogen-bond donors (Lipinski definition) is 3. The Labute approximate surface area is 200 Å². The zero-order chi connectivity index (χ0) is 25.2. The van der Waals surface area contributed by atoms with E-state index in [9.17, 15) is 18.8 Å². The fourth-order valence-corrected chi connectivity index (χ4v) is 4.67. The van der Waals surface area contributed by atoms with Crippen LogP contribution in [0.4, 0.5) is 9.18 Å². The van der Waals surface area contributed by atoms with Crippen molar-refractivity contribution in [2.75, 3.05) is 27.2 Å². The molecule has 1 unspecified atom stereocenters. The third-order valence-electron chi connectivity index (χ3n) is 6.66. The predicted molar refractivity (Wildman–Crippen MR) is 126 cm³/mol. The van der Waals surface area contributed by atoms with E-state index in [-0.39, 0.29) is 29.7 Å². The first-order valence-corrected chi connectivity index (χ1v) is 11.7. The zero-order valence-corrected chi connectivity index (χ0v) is 20.7. The van der Waals surface area contributed by atoms with Gasteiger partial charge in [0.15, 0.2) is 0 Å². The van der Waals surface area contributed by atoms with Gasteiger partial charge in [-0.05, 0) is 50.1 Å². The largest absolute Gasteiger partial charge is 0.486 e. The standard InChI is InChI=1S/C24H36FN5O4/c1-14(26-5)21(31)28-20(24(2,3)4)22(32)29-12-11-17-19(29)18(13-30(17)23(33)27-6)34-16-9-7-15(25)8-10-16/h7-10,14,17-20,26H,11-13H2,1-6H3,(H,27,33)(H,28,31)/t14-,17+,18-,19-,20?/m0/s1. The molecule has 9 nitrogen and oxygen atoms in total. The Morgan fingerprint density at radius 1 is 1.12 bits per heavy atom. The first kappa shape index (κ1) is 25.7. The van der Waals surface area contributed by atoms with Crippen molar-refractivity contribution in [1.29, 1.82) is 0 Å². The molecule has 2 aliphatic heterocycles. The summed E-state index contributed by atoms with van der Waals surface area (Å²) in [6.45, 7) is 8.19. The van der Waals surface area contributed by atoms with Crippen LogP contribution < -0.4 is 20.7 Å². The summed E-state index contributed by atoms with van der Waals surface area (Å²) < 4.78 is 19.5. The van der Waals surface area contributed by atoms with E-state index in [1.807, 2.05) is 20.8 Å². The Balaban J connectivity index is 1.89. The van der Waals surface area contributed by atoms with Crippen molar-refractivity contribution in [3.05, 3.63) is 30.1 Å². The number of urea groups is 1. The number of likely N-dealkylation sites (N-methyl/N-ethyl adjacent to an activating group) is 1. The van der Waals surface area contributed by atoms with Crippen molar-refractivity contribution < 1.29 is 23.5 Å². The van der Waals surface area contributed by atoms with E-state index in [1.165, 1.54) is 24.3 Å². The Morgan fingerprint density at radius 2 is 1.76 bits per heavy atom. The Kier molecular flexibility index (Phi) is 7.70. The summed E-state index contributed by atoms with van der Waals surface area (Å²) in [5.41, 5.74) is -0.537. The minimum absolute atomic E-state index is 0.205. The molecular weight excluding hydrogens is 441 g/mol. The van der Waals surface area contributed by atoms with Crippen LogP contribution >= 0.6 is 0 Å². The highest BCUT2D eigenvalue weighted by Crippen LogP contribution is 2.36. The summed E-state index contributed by atoms with van der Waals surface area (Å²) in [5, 5.41) is 8.47. The summed E-state index contributed by atoms with van der Waals surface area (Å²) in [6.07, 6.45) is 0.108. The molecule has 188 valence electrons. The second-order valence-electron chi connectivity index (χ2n) is 10.0. The molecule has 2 aliphatic rings. The lowest BCUT2D eigenvalue weighted by Gasteiger charge is -2.37. The lowest BCUT2D eigenvalue weighted by Crippen LogP contribution is -2.59. The molecule has 0 spiro atoms. The monoisotopic (exact) mass is 477 g/mol. The van der Waals surface area contributed by atoms with E-state index in [1.54, 1.807) is 30.8 Å². The number of fused-ring (bicyclic) bond motifs is 1. The van der Waals surface area contributed by atoms with Crippen LogP contribution in [0.3, 0.4) is 0 Å². The molecule has 3 rings (SSSR count). The summed E-state index contributed by atoms with van der Waals surface area (Å²) in [5.74, 6) is -0.375. The number of carbonyl (C=O) groups is 3. The third kappa shape index (κ3) is 5.27. The minimum Gasteiger partial charge on any atom is -0.486 e. The number of likely N-dealkylation sites (tertiary alicyclic amines) is 2. The van der Waals surface area contributed by atoms with Crippen LogP contribution in [0, 0.1) is 11.2 Å². The molecule has 0 radical (unpaired) electrons. The van der Waals surface area contributed by atoms with Gasteiger partial charge in [0.05, 0.1) is 24.7 Å². The van der Waals surface area contributed by atoms with E-state index in [0.29, 0.717) is 25.3 Å². The van der Waals surface area contributed by atoms with Crippen molar-refractivity contribution in [3.63, 3.8) is 0 Å². The molecule has 1 aromatic carbocycles. The number of ether oxygens (including phenoxy) is 1. The third-order valence-corrected chi connectivity index (χ3v) is 6.66. The first-order chi connectivity index (χ1) is 16.0. The van der Waals surface area contributed by atoms with Gasteiger partial charge in [0, 0.05) is 13.6 Å². The maximum atomic E-state index is 13.8. The highest BCUT2D eigenvalue weighted by atomic mass is 19.1. The molecule has 5 atom stereocenters. The Hall–Kier alpha value is -2.88. The SMILES string of the molecule is CNC(=O)N1C[C@H](Oc2ccc(F)cc2)[C@@H]2[C@H]1CCN2C(=O)C(NC(=O)[C@H](C)NC)C(C)(C)C. The van der Waals surface area contributed by atoms with Crippen LogP contribution in [0.5, 0.6) is 5.75 Å². The van der Waals surface area contributed by atoms with Gasteiger partial charge in [-0.1, -0.05) is 20.8 Å². The average molecular weight is 478 g/mol. The lowest BCUT2D eigenvalue weighted by atomic mass is 9.85. The van der Waals surface area contributed by atoms with Crippen molar-refractivity contribution >= 4 is 17.8 Å². The van der Waals surface area contributed by atoms with Gasteiger partial charge in [0.1, 0.15) is 23.7 Å². The van der Waals surface area contributed by atoms with Gasteiger partial charge in [0.2, 0.25) is 11.8 Å². The lowest BCUT2D eigenvalue weighted by molar-refractivity contribution is -0.141. The number of nitrogens with one attached hydrogen (secondary N) is 3. The van der Waals surface area contributed by atoms with E-state index < -0.39 is 29.6 Å². The van der Waals surface area contributed by atoms with Gasteiger partial charge < -0.3 is 30.5 Å². The maximum absolute atomic E-state index is 13.8. The smallest absolute Gasteiger partial charge is 0.317 e. The number of benzene rings is 1. The summed E-state index contributed by atoms with van der Waals surface area (Å²) in [7, 11) is 3.25. The fourth-order valence-electron chi connectivity index (χ4n) is 4.67. The summed E-state index contributed by atoms with van der Waals surface area (Å²) in [4.78, 5) is 42.5. The molecule has 10 heteroatoms. The fraction of sp³-hybridized carbons (Fsp3) is 0.625. The van der Waals surface area contributed by atoms with Gasteiger partial charge >= 0.3 is 6.03 Å². The predicted octanol–water partition coefficient (Wildman–Crippen LogP) is 1.34. The first-order valence-electron chi connectivity index (χ1n) is 11.7. The highest BCUT2D eigenvalue weighted by molar-refractivity contribution is 5.90. The molecule has 1 aromatic rings. The number of amides is 4. The average Bonchev–Trinajstić information content (AvgIpc) is 3.38. The van der Waals surface area contributed by atoms with Crippen molar-refractivity contribution in [2.45, 2.75) is 64.4 Å². The van der Waals surface area contributed by atoms with Gasteiger partial charge in [-0.3, -0.25) is 9.59 Å². The topological polar surface area (TPSA) is 103 Å². The molecule has 34 heavy (non-hydrogen) atoms.